The lowest BCUT2D eigenvalue weighted by Crippen LogP contribution is -2.55. The Labute approximate surface area is 154 Å². The van der Waals surface area contributed by atoms with Gasteiger partial charge in [-0.3, -0.25) is 9.59 Å². The van der Waals surface area contributed by atoms with Gasteiger partial charge in [0.15, 0.2) is 11.5 Å². The molecule has 9 heteroatoms. The van der Waals surface area contributed by atoms with E-state index in [1.807, 2.05) is 0 Å². The van der Waals surface area contributed by atoms with Crippen molar-refractivity contribution in [2.75, 3.05) is 0 Å². The smallest absolute Gasteiger partial charge is 0.308 e. The molecule has 2 atom stereocenters. The molecule has 0 aliphatic heterocycles. The maximum Gasteiger partial charge on any atom is 0.308 e. The Kier molecular flexibility index (Phi) is 4.95. The van der Waals surface area contributed by atoms with E-state index in [2.05, 4.69) is 15.6 Å². The van der Waals surface area contributed by atoms with E-state index in [1.54, 1.807) is 13.0 Å². The standard InChI is InChI=1S/C17H18ClFN4O3/c1-17(8-3-2-5-10(17)16(25)26)20-15(24)12-9-23(22-21-12)13-7-4-6-11(18)14(13)19/h4,6-7,9-10H,2-3,5,8H2,1H3,(H,20,24)(H,25,26). The third-order valence-electron chi connectivity index (χ3n) is 4.81. The van der Waals surface area contributed by atoms with Crippen LogP contribution in [0.3, 0.4) is 0 Å². The number of carboxylic acids is 1. The average Bonchev–Trinajstić information content (AvgIpc) is 3.07. The molecule has 1 aromatic heterocycles. The number of nitrogens with one attached hydrogen (secondary N) is 1. The summed E-state index contributed by atoms with van der Waals surface area (Å²) in [5, 5.41) is 19.7. The molecule has 26 heavy (non-hydrogen) atoms. The maximum absolute atomic E-state index is 14.1. The van der Waals surface area contributed by atoms with Gasteiger partial charge in [0.25, 0.3) is 5.91 Å². The topological polar surface area (TPSA) is 97.1 Å². The highest BCUT2D eigenvalue weighted by Gasteiger charge is 2.42. The number of carbonyl (C=O) groups is 2. The zero-order valence-electron chi connectivity index (χ0n) is 14.1. The molecule has 1 saturated carbocycles. The Morgan fingerprint density at radius 2 is 2.19 bits per heavy atom. The number of aromatic nitrogens is 3. The molecule has 0 bridgehead atoms. The van der Waals surface area contributed by atoms with Crippen LogP contribution in [0.25, 0.3) is 5.69 Å². The van der Waals surface area contributed by atoms with E-state index in [1.165, 1.54) is 18.3 Å². The molecule has 2 aromatic rings. The number of hydrogen-bond donors (Lipinski definition) is 2. The van der Waals surface area contributed by atoms with Crippen LogP contribution in [-0.2, 0) is 4.79 Å². The predicted molar refractivity (Wildman–Crippen MR) is 91.8 cm³/mol. The van der Waals surface area contributed by atoms with Gasteiger partial charge in [-0.2, -0.15) is 0 Å². The van der Waals surface area contributed by atoms with E-state index in [4.69, 9.17) is 11.6 Å². The fraction of sp³-hybridized carbons (Fsp3) is 0.412. The van der Waals surface area contributed by atoms with E-state index in [0.717, 1.165) is 17.5 Å². The Bertz CT molecular complexity index is 856. The van der Waals surface area contributed by atoms with Crippen LogP contribution in [0.2, 0.25) is 5.02 Å². The van der Waals surface area contributed by atoms with Gasteiger partial charge >= 0.3 is 5.97 Å². The van der Waals surface area contributed by atoms with Crippen LogP contribution in [0, 0.1) is 11.7 Å². The van der Waals surface area contributed by atoms with Crippen molar-refractivity contribution >= 4 is 23.5 Å². The van der Waals surface area contributed by atoms with E-state index in [-0.39, 0.29) is 16.4 Å². The third kappa shape index (κ3) is 3.41. The number of aliphatic carboxylic acids is 1. The first-order valence-electron chi connectivity index (χ1n) is 8.24. The summed E-state index contributed by atoms with van der Waals surface area (Å²) in [7, 11) is 0. The molecular formula is C17H18ClFN4O3. The van der Waals surface area contributed by atoms with Gasteiger partial charge in [0.05, 0.1) is 22.7 Å². The Balaban J connectivity index is 1.82. The Hall–Kier alpha value is -2.48. The van der Waals surface area contributed by atoms with E-state index in [9.17, 15) is 19.1 Å². The van der Waals surface area contributed by atoms with Gasteiger partial charge in [0.2, 0.25) is 0 Å². The SMILES string of the molecule is CC1(NC(=O)c2cn(-c3cccc(Cl)c3F)nn2)CCCCC1C(=O)O. The largest absolute Gasteiger partial charge is 0.481 e. The van der Waals surface area contributed by atoms with E-state index < -0.39 is 29.2 Å². The van der Waals surface area contributed by atoms with E-state index in [0.29, 0.717) is 12.8 Å². The predicted octanol–water partition coefficient (Wildman–Crippen LogP) is 2.82. The van der Waals surface area contributed by atoms with Gasteiger partial charge in [0, 0.05) is 0 Å². The summed E-state index contributed by atoms with van der Waals surface area (Å²) in [6.45, 7) is 1.73. The molecule has 1 amide bonds. The lowest BCUT2D eigenvalue weighted by Gasteiger charge is -2.39. The Morgan fingerprint density at radius 3 is 2.92 bits per heavy atom. The molecular weight excluding hydrogens is 363 g/mol. The van der Waals surface area contributed by atoms with Gasteiger partial charge in [0.1, 0.15) is 5.69 Å². The highest BCUT2D eigenvalue weighted by atomic mass is 35.5. The summed E-state index contributed by atoms with van der Waals surface area (Å²) in [6, 6.07) is 4.42. The van der Waals surface area contributed by atoms with Crippen LogP contribution in [0.4, 0.5) is 4.39 Å². The van der Waals surface area contributed by atoms with Crippen LogP contribution in [0.1, 0.15) is 43.1 Å². The molecule has 1 heterocycles. The van der Waals surface area contributed by atoms with Gasteiger partial charge in [-0.05, 0) is 31.9 Å². The number of rotatable bonds is 4. The highest BCUT2D eigenvalue weighted by molar-refractivity contribution is 6.30. The first-order chi connectivity index (χ1) is 12.3. The zero-order chi connectivity index (χ0) is 18.9. The molecule has 3 rings (SSSR count). The minimum atomic E-state index is -0.933. The molecule has 1 fully saturated rings. The van der Waals surface area contributed by atoms with Crippen LogP contribution >= 0.6 is 11.6 Å². The molecule has 0 saturated heterocycles. The lowest BCUT2D eigenvalue weighted by molar-refractivity contribution is -0.145. The first kappa shape index (κ1) is 18.3. The summed E-state index contributed by atoms with van der Waals surface area (Å²) in [4.78, 5) is 24.1. The van der Waals surface area contributed by atoms with Crippen LogP contribution < -0.4 is 5.32 Å². The third-order valence-corrected chi connectivity index (χ3v) is 5.10. The summed E-state index contributed by atoms with van der Waals surface area (Å²) in [5.74, 6) is -2.82. The second-order valence-corrected chi connectivity index (χ2v) is 7.04. The monoisotopic (exact) mass is 380 g/mol. The molecule has 1 aliphatic rings. The molecule has 138 valence electrons. The van der Waals surface area contributed by atoms with Crippen molar-refractivity contribution in [2.24, 2.45) is 5.92 Å². The number of halogens is 2. The van der Waals surface area contributed by atoms with Crippen LogP contribution in [0.15, 0.2) is 24.4 Å². The number of carbonyl (C=O) groups excluding carboxylic acids is 1. The molecule has 2 N–H and O–H groups in total. The second-order valence-electron chi connectivity index (χ2n) is 6.63. The van der Waals surface area contributed by atoms with Crippen molar-refractivity contribution in [3.8, 4) is 5.69 Å². The fourth-order valence-corrected chi connectivity index (χ4v) is 3.53. The molecule has 0 spiro atoms. The normalized spacial score (nSPS) is 22.8. The number of amides is 1. The fourth-order valence-electron chi connectivity index (χ4n) is 3.36. The van der Waals surface area contributed by atoms with Gasteiger partial charge in [-0.25, -0.2) is 9.07 Å². The van der Waals surface area contributed by atoms with Gasteiger partial charge < -0.3 is 10.4 Å². The minimum absolute atomic E-state index is 0.0275. The molecule has 2 unspecified atom stereocenters. The number of carboxylic acid groups (broad SMARTS) is 1. The second kappa shape index (κ2) is 7.03. The molecule has 0 radical (unpaired) electrons. The molecule has 1 aromatic carbocycles. The summed E-state index contributed by atoms with van der Waals surface area (Å²) < 4.78 is 15.2. The molecule has 1 aliphatic carbocycles. The quantitative estimate of drug-likeness (QED) is 0.850. The minimum Gasteiger partial charge on any atom is -0.481 e. The zero-order valence-corrected chi connectivity index (χ0v) is 14.8. The highest BCUT2D eigenvalue weighted by Crippen LogP contribution is 2.34. The maximum atomic E-state index is 14.1. The van der Waals surface area contributed by atoms with Crippen molar-refractivity contribution in [1.82, 2.24) is 20.3 Å². The van der Waals surface area contributed by atoms with Crippen molar-refractivity contribution in [2.45, 2.75) is 38.1 Å². The van der Waals surface area contributed by atoms with Gasteiger partial charge in [-0.1, -0.05) is 35.7 Å². The van der Waals surface area contributed by atoms with Crippen LogP contribution in [0.5, 0.6) is 0 Å². The number of benzene rings is 1. The summed E-state index contributed by atoms with van der Waals surface area (Å²) in [6.07, 6.45) is 4.00. The lowest BCUT2D eigenvalue weighted by atomic mass is 9.74. The van der Waals surface area contributed by atoms with Crippen molar-refractivity contribution in [1.29, 1.82) is 0 Å². The first-order valence-corrected chi connectivity index (χ1v) is 8.62. The van der Waals surface area contributed by atoms with Crippen LogP contribution in [-0.4, -0.2) is 37.5 Å². The van der Waals surface area contributed by atoms with E-state index >= 15 is 0 Å². The summed E-state index contributed by atoms with van der Waals surface area (Å²) >= 11 is 5.75. The van der Waals surface area contributed by atoms with Crippen molar-refractivity contribution in [3.63, 3.8) is 0 Å². The molecule has 7 nitrogen and oxygen atoms in total. The number of nitrogens with zero attached hydrogens (tertiary/aromatic N) is 3. The van der Waals surface area contributed by atoms with Gasteiger partial charge in [-0.15, -0.1) is 5.10 Å². The summed E-state index contributed by atoms with van der Waals surface area (Å²) in [5.41, 5.74) is -0.830. The van der Waals surface area contributed by atoms with Crippen molar-refractivity contribution in [3.05, 3.63) is 40.9 Å². The number of hydrogen-bond acceptors (Lipinski definition) is 4. The average molecular weight is 381 g/mol. The Morgan fingerprint density at radius 1 is 1.42 bits per heavy atom. The van der Waals surface area contributed by atoms with Crippen molar-refractivity contribution < 1.29 is 19.1 Å².